The highest BCUT2D eigenvalue weighted by atomic mass is 32.1. The first-order valence-electron chi connectivity index (χ1n) is 20.8. The number of alkyl halides is 4. The van der Waals surface area contributed by atoms with E-state index in [2.05, 4.69) is 62.3 Å². The monoisotopic (exact) mass is 920 g/mol. The van der Waals surface area contributed by atoms with Crippen molar-refractivity contribution in [1.82, 2.24) is 0 Å². The molecule has 1 atom stereocenters. The van der Waals surface area contributed by atoms with Crippen molar-refractivity contribution in [1.29, 1.82) is 0 Å². The van der Waals surface area contributed by atoms with Gasteiger partial charge in [0.05, 0.1) is 13.2 Å². The highest BCUT2D eigenvalue weighted by Gasteiger charge is 2.73. The maximum atomic E-state index is 17.1. The number of carbonyl (C=O) groups is 1. The van der Waals surface area contributed by atoms with Gasteiger partial charge in [-0.05, 0) is 63.8 Å². The molecule has 4 heterocycles. The Hall–Kier alpha value is -4.27. The fourth-order valence-corrected chi connectivity index (χ4v) is 12.2. The zero-order valence-corrected chi connectivity index (χ0v) is 39.8. The normalized spacial score (nSPS) is 18.4. The largest absolute Gasteiger partial charge is 0.487 e. The van der Waals surface area contributed by atoms with E-state index in [1.54, 1.807) is 12.1 Å². The van der Waals surface area contributed by atoms with Gasteiger partial charge in [-0.15, -0.1) is 34.0 Å². The molecule has 0 saturated heterocycles. The molecule has 0 bridgehead atoms. The van der Waals surface area contributed by atoms with Crippen molar-refractivity contribution in [3.05, 3.63) is 114 Å². The van der Waals surface area contributed by atoms with Gasteiger partial charge >= 0.3 is 11.8 Å². The zero-order valence-electron chi connectivity index (χ0n) is 37.4. The predicted molar refractivity (Wildman–Crippen MR) is 246 cm³/mol. The lowest BCUT2D eigenvalue weighted by atomic mass is 9.72. The summed E-state index contributed by atoms with van der Waals surface area (Å²) in [7, 11) is 3.06. The van der Waals surface area contributed by atoms with Crippen molar-refractivity contribution in [2.45, 2.75) is 95.8 Å². The quantitative estimate of drug-likeness (QED) is 0.0953. The van der Waals surface area contributed by atoms with Gasteiger partial charge in [0.2, 0.25) is 5.78 Å². The minimum absolute atomic E-state index is 0.0725. The summed E-state index contributed by atoms with van der Waals surface area (Å²) >= 11 is 4.29. The van der Waals surface area contributed by atoms with Crippen LogP contribution in [0.15, 0.2) is 71.1 Å². The van der Waals surface area contributed by atoms with Crippen molar-refractivity contribution in [2.24, 2.45) is 0 Å². The van der Waals surface area contributed by atoms with Crippen LogP contribution in [0.25, 0.3) is 31.9 Å². The molecular formula is C50H52F4O6S3. The second-order valence-electron chi connectivity index (χ2n) is 19.3. The molecule has 0 saturated carbocycles. The lowest BCUT2D eigenvalue weighted by Crippen LogP contribution is -2.43. The van der Waals surface area contributed by atoms with Gasteiger partial charge in [-0.3, -0.25) is 4.79 Å². The average molecular weight is 921 g/mol. The minimum atomic E-state index is -5.06. The van der Waals surface area contributed by atoms with Crippen molar-refractivity contribution in [3.63, 3.8) is 0 Å². The second kappa shape index (κ2) is 15.7. The third-order valence-corrected chi connectivity index (χ3v) is 16.3. The van der Waals surface area contributed by atoms with E-state index in [-0.39, 0.29) is 82.0 Å². The van der Waals surface area contributed by atoms with Crippen LogP contribution >= 0.6 is 34.0 Å². The number of carbonyl (C=O) groups excluding carboxylic acids is 1. The van der Waals surface area contributed by atoms with Gasteiger partial charge in [0, 0.05) is 77.2 Å². The maximum Gasteiger partial charge on any atom is 0.376 e. The highest BCUT2D eigenvalue weighted by molar-refractivity contribution is 7.22. The van der Waals surface area contributed by atoms with Crippen LogP contribution in [0.3, 0.4) is 0 Å². The van der Waals surface area contributed by atoms with E-state index in [1.807, 2.05) is 48.5 Å². The van der Waals surface area contributed by atoms with Gasteiger partial charge in [-0.25, -0.2) is 0 Å². The Balaban J connectivity index is 1.58. The van der Waals surface area contributed by atoms with E-state index in [1.165, 1.54) is 54.3 Å². The Bertz CT molecular complexity index is 2750. The highest BCUT2D eigenvalue weighted by Crippen LogP contribution is 2.66. The molecule has 0 fully saturated rings. The first-order valence-corrected chi connectivity index (χ1v) is 23.3. The lowest BCUT2D eigenvalue weighted by Gasteiger charge is -2.34. The number of methoxy groups -OCH3 is 2. The van der Waals surface area contributed by atoms with Crippen LogP contribution < -0.4 is 9.47 Å². The van der Waals surface area contributed by atoms with Crippen molar-refractivity contribution in [3.8, 4) is 21.3 Å². The lowest BCUT2D eigenvalue weighted by molar-refractivity contribution is -0.175. The van der Waals surface area contributed by atoms with Gasteiger partial charge in [-0.1, -0.05) is 86.6 Å². The van der Waals surface area contributed by atoms with Gasteiger partial charge in [-0.2, -0.15) is 17.6 Å². The summed E-state index contributed by atoms with van der Waals surface area (Å²) in [6.07, 6.45) is 0. The van der Waals surface area contributed by atoms with E-state index < -0.39 is 34.2 Å². The summed E-state index contributed by atoms with van der Waals surface area (Å²) in [4.78, 5) is 19.0. The molecule has 334 valence electrons. The number of furan rings is 1. The number of hydrogen-bond donors (Lipinski definition) is 0. The Morgan fingerprint density at radius 3 is 1.78 bits per heavy atom. The molecule has 2 aliphatic carbocycles. The van der Waals surface area contributed by atoms with Gasteiger partial charge in [0.15, 0.2) is 11.5 Å². The van der Waals surface area contributed by atoms with Crippen LogP contribution in [-0.4, -0.2) is 58.3 Å². The SMILES string of the molecule is COCCOc1cc2oc3c(c2cc1OCCOC)C1=C(c2cc(-c4ccc(C(C)(C)C)s4)sc2C3(c2ccc(C(C)(C)C)cc2)c2ccc(C(C)(C)C)s2)C(F)(F)C(F)(F)C1=O. The second-order valence-corrected chi connectivity index (χ2v) is 22.5. The Morgan fingerprint density at radius 1 is 0.635 bits per heavy atom. The third kappa shape index (κ3) is 7.30. The molecule has 13 heteroatoms. The number of ether oxygens (including phenoxy) is 4. The molecular weight excluding hydrogens is 869 g/mol. The molecule has 63 heavy (non-hydrogen) atoms. The summed E-state index contributed by atoms with van der Waals surface area (Å²) in [5.41, 5.74) is -2.53. The molecule has 6 aromatic rings. The van der Waals surface area contributed by atoms with Crippen LogP contribution in [0.5, 0.6) is 11.5 Å². The number of Topliss-reactive ketones (excluding diaryl/α,β-unsaturated/α-hetero) is 1. The van der Waals surface area contributed by atoms with E-state index in [0.717, 1.165) is 20.2 Å². The fourth-order valence-electron chi connectivity index (χ4n) is 8.33. The zero-order chi connectivity index (χ0) is 45.7. The molecule has 8 rings (SSSR count). The molecule has 4 aromatic heterocycles. The number of rotatable bonds is 11. The molecule has 0 aliphatic heterocycles. The van der Waals surface area contributed by atoms with E-state index >= 15 is 17.6 Å². The van der Waals surface area contributed by atoms with Crippen molar-refractivity contribution in [2.75, 3.05) is 40.6 Å². The van der Waals surface area contributed by atoms with Crippen LogP contribution in [0, 0.1) is 0 Å². The molecule has 2 aromatic carbocycles. The Labute approximate surface area is 377 Å². The van der Waals surface area contributed by atoms with Gasteiger partial charge < -0.3 is 23.4 Å². The number of thiophene rings is 3. The van der Waals surface area contributed by atoms with Gasteiger partial charge in [0.1, 0.15) is 30.0 Å². The van der Waals surface area contributed by atoms with E-state index in [9.17, 15) is 4.79 Å². The van der Waals surface area contributed by atoms with Gasteiger partial charge in [0.25, 0.3) is 0 Å². The third-order valence-electron chi connectivity index (χ3n) is 11.7. The molecule has 0 N–H and O–H groups in total. The van der Waals surface area contributed by atoms with Crippen LogP contribution in [-0.2, 0) is 35.9 Å². The number of allylic oxidation sites excluding steroid dienone is 2. The predicted octanol–water partition coefficient (Wildman–Crippen LogP) is 13.7. The van der Waals surface area contributed by atoms with Crippen LogP contribution in [0.2, 0.25) is 0 Å². The average Bonchev–Trinajstić information content (AvgIpc) is 4.04. The number of ketones is 1. The number of benzene rings is 2. The minimum Gasteiger partial charge on any atom is -0.487 e. The maximum absolute atomic E-state index is 17.1. The standard InChI is InChI=1S/C50H52F4O6S3/c1-45(2,3)27-12-14-28(15-13-27)48(38-19-18-37(63-38)47(7,8)9)43-39(29-24-32(58-22-20-56-10)33(26-31(29)60-43)59-23-21-57-11)40-41(49(51,52)50(53,54)42(40)55)30-25-35(62-44(30)48)34-16-17-36(61-34)46(4,5)6/h12-19,24-26H,20-23H2,1-11H3. The first-order chi connectivity index (χ1) is 29.5. The molecule has 2 aliphatic rings. The number of fused-ring (bicyclic) bond motifs is 6. The number of hydrogen-bond acceptors (Lipinski definition) is 9. The van der Waals surface area contributed by atoms with Crippen molar-refractivity contribution >= 4 is 61.9 Å². The fraction of sp³-hybridized carbons (Fsp3) is 0.420. The molecule has 0 amide bonds. The molecule has 0 spiro atoms. The summed E-state index contributed by atoms with van der Waals surface area (Å²) in [5, 5.41) is 0.151. The van der Waals surface area contributed by atoms with Crippen molar-refractivity contribution < 1.29 is 45.7 Å². The Morgan fingerprint density at radius 2 is 1.22 bits per heavy atom. The van der Waals surface area contributed by atoms with E-state index in [4.69, 9.17) is 23.4 Å². The molecule has 6 nitrogen and oxygen atoms in total. The molecule has 0 radical (unpaired) electrons. The summed E-state index contributed by atoms with van der Waals surface area (Å²) < 4.78 is 96.8. The summed E-state index contributed by atoms with van der Waals surface area (Å²) in [6, 6.07) is 20.7. The van der Waals surface area contributed by atoms with Crippen LogP contribution in [0.4, 0.5) is 17.6 Å². The number of halogens is 4. The Kier molecular flexibility index (Phi) is 11.3. The molecule has 1 unspecified atom stereocenters. The first kappa shape index (κ1) is 45.3. The van der Waals surface area contributed by atoms with E-state index in [0.29, 0.717) is 20.2 Å². The van der Waals surface area contributed by atoms with Crippen LogP contribution in [0.1, 0.15) is 110 Å². The smallest absolute Gasteiger partial charge is 0.376 e. The summed E-state index contributed by atoms with van der Waals surface area (Å²) in [5.74, 6) is -11.4. The summed E-state index contributed by atoms with van der Waals surface area (Å²) in [6.45, 7) is 19.5. The topological polar surface area (TPSA) is 67.1 Å².